The maximum atomic E-state index is 12.4. The number of anilines is 1. The van der Waals surface area contributed by atoms with Gasteiger partial charge < -0.3 is 29.9 Å². The maximum Gasteiger partial charge on any atom is 0.267 e. The van der Waals surface area contributed by atoms with Crippen LogP contribution in [0.5, 0.6) is 0 Å². The summed E-state index contributed by atoms with van der Waals surface area (Å²) in [7, 11) is 0. The number of amides is 1. The normalized spacial score (nSPS) is 29.6. The second-order valence-electron chi connectivity index (χ2n) is 6.87. The number of rotatable bonds is 2. The number of aliphatic hydroxyl groups is 3. The number of hydrogen-bond donors (Lipinski definition) is 4. The second kappa shape index (κ2) is 5.57. The van der Waals surface area contributed by atoms with Crippen LogP contribution in [-0.2, 0) is 4.74 Å². The van der Waals surface area contributed by atoms with E-state index in [9.17, 15) is 20.1 Å². The molecule has 0 saturated carbocycles. The van der Waals surface area contributed by atoms with Gasteiger partial charge in [-0.1, -0.05) is 0 Å². The number of thiophene rings is 1. The number of aliphatic hydroxyl groups excluding tert-OH is 2. The summed E-state index contributed by atoms with van der Waals surface area (Å²) in [6, 6.07) is 1.85. The average Bonchev–Trinajstić information content (AvgIpc) is 3.29. The van der Waals surface area contributed by atoms with E-state index in [4.69, 9.17) is 4.74 Å². The molecule has 5 rings (SSSR count). The predicted molar refractivity (Wildman–Crippen MR) is 96.4 cm³/mol. The lowest BCUT2D eigenvalue weighted by Crippen LogP contribution is -2.44. The number of hydrogen-bond acceptors (Lipinski definition) is 8. The van der Waals surface area contributed by atoms with Crippen LogP contribution in [0.2, 0.25) is 0 Å². The van der Waals surface area contributed by atoms with E-state index in [-0.39, 0.29) is 5.91 Å². The van der Waals surface area contributed by atoms with Gasteiger partial charge in [-0.15, -0.1) is 11.3 Å². The van der Waals surface area contributed by atoms with Gasteiger partial charge in [0, 0.05) is 17.3 Å². The Hall–Kier alpha value is -2.37. The summed E-state index contributed by atoms with van der Waals surface area (Å²) in [5, 5.41) is 35.9. The van der Waals surface area contributed by atoms with Crippen molar-refractivity contribution in [3.05, 3.63) is 28.8 Å². The minimum atomic E-state index is -1.65. The Labute approximate surface area is 156 Å². The van der Waals surface area contributed by atoms with Crippen LogP contribution in [0.3, 0.4) is 0 Å². The Morgan fingerprint density at radius 2 is 2.22 bits per heavy atom. The summed E-state index contributed by atoms with van der Waals surface area (Å²) < 4.78 is 7.36. The van der Waals surface area contributed by atoms with Gasteiger partial charge in [0.05, 0.1) is 12.0 Å². The van der Waals surface area contributed by atoms with Crippen molar-refractivity contribution in [1.82, 2.24) is 14.5 Å². The molecule has 2 aliphatic rings. The zero-order chi connectivity index (χ0) is 18.9. The van der Waals surface area contributed by atoms with E-state index in [1.807, 2.05) is 11.4 Å². The Kier molecular flexibility index (Phi) is 3.46. The molecule has 0 bridgehead atoms. The molecule has 9 nitrogen and oxygen atoms in total. The second-order valence-corrected chi connectivity index (χ2v) is 7.78. The molecule has 0 aromatic carbocycles. The van der Waals surface area contributed by atoms with E-state index >= 15 is 0 Å². The van der Waals surface area contributed by atoms with Crippen LogP contribution in [-0.4, -0.2) is 60.2 Å². The highest BCUT2D eigenvalue weighted by Crippen LogP contribution is 2.45. The molecule has 0 unspecified atom stereocenters. The van der Waals surface area contributed by atoms with Crippen molar-refractivity contribution in [2.45, 2.75) is 31.0 Å². The molecular formula is C17H16N4O5S. The molecule has 140 valence electrons. The van der Waals surface area contributed by atoms with Crippen LogP contribution >= 0.6 is 11.3 Å². The lowest BCUT2D eigenvalue weighted by molar-refractivity contribution is -0.0948. The summed E-state index contributed by atoms with van der Waals surface area (Å²) in [5.74, 6) is 0.140. The first kappa shape index (κ1) is 16.8. The predicted octanol–water partition coefficient (Wildman–Crippen LogP) is 0.727. The largest absolute Gasteiger partial charge is 0.394 e. The molecule has 0 aliphatic carbocycles. The summed E-state index contributed by atoms with van der Waals surface area (Å²) >= 11 is 1.32. The molecule has 3 aromatic heterocycles. The van der Waals surface area contributed by atoms with Crippen molar-refractivity contribution in [1.29, 1.82) is 0 Å². The van der Waals surface area contributed by atoms with Gasteiger partial charge in [-0.25, -0.2) is 9.97 Å². The van der Waals surface area contributed by atoms with Crippen LogP contribution in [0.25, 0.3) is 22.2 Å². The molecule has 27 heavy (non-hydrogen) atoms. The molecule has 5 heterocycles. The van der Waals surface area contributed by atoms with E-state index < -0.39 is 30.6 Å². The van der Waals surface area contributed by atoms with Crippen LogP contribution in [0.1, 0.15) is 22.8 Å². The standard InChI is InChI=1S/C17H16N4O5S/c1-17(25)12(23)9(5-22)26-16(17)21-4-8-7-2-3-27-11(7)15(24)20-13-10(8)14(21)19-6-18-13/h2-4,6,9,12,16,22-23,25H,5H2,1H3,(H,18,19,20,24)/t9-,12-,16-,17-/m1/s1. The quantitative estimate of drug-likeness (QED) is 0.509. The molecular weight excluding hydrogens is 372 g/mol. The molecule has 1 saturated heterocycles. The Morgan fingerprint density at radius 3 is 2.96 bits per heavy atom. The molecule has 10 heteroatoms. The monoisotopic (exact) mass is 388 g/mol. The molecule has 3 aromatic rings. The number of carbonyl (C=O) groups excluding carboxylic acids is 1. The minimum Gasteiger partial charge on any atom is -0.394 e. The molecule has 1 amide bonds. The highest BCUT2D eigenvalue weighted by molar-refractivity contribution is 7.12. The van der Waals surface area contributed by atoms with Gasteiger partial charge in [0.2, 0.25) is 0 Å². The average molecular weight is 388 g/mol. The van der Waals surface area contributed by atoms with E-state index in [1.165, 1.54) is 24.6 Å². The molecule has 1 fully saturated rings. The van der Waals surface area contributed by atoms with Gasteiger partial charge in [0.1, 0.15) is 40.5 Å². The molecule has 4 N–H and O–H groups in total. The summed E-state index contributed by atoms with van der Waals surface area (Å²) in [4.78, 5) is 21.5. The van der Waals surface area contributed by atoms with Crippen molar-refractivity contribution in [3.8, 4) is 11.1 Å². The van der Waals surface area contributed by atoms with E-state index in [1.54, 1.807) is 10.8 Å². The number of aromatic nitrogens is 3. The SMILES string of the molecule is C[C@@]1(O)[C@H](O)[C@@H](CO)O[C@H]1n1cc2c3c(ncnc31)NC(=O)c1sccc1-2. The van der Waals surface area contributed by atoms with Gasteiger partial charge in [-0.05, 0) is 18.4 Å². The minimum absolute atomic E-state index is 0.234. The Morgan fingerprint density at radius 1 is 1.41 bits per heavy atom. The third kappa shape index (κ3) is 2.15. The van der Waals surface area contributed by atoms with Crippen LogP contribution in [0.4, 0.5) is 5.82 Å². The van der Waals surface area contributed by atoms with Crippen molar-refractivity contribution in [2.75, 3.05) is 11.9 Å². The van der Waals surface area contributed by atoms with Crippen LogP contribution in [0.15, 0.2) is 24.0 Å². The van der Waals surface area contributed by atoms with Gasteiger partial charge in [-0.3, -0.25) is 4.79 Å². The van der Waals surface area contributed by atoms with Crippen molar-refractivity contribution < 1.29 is 24.9 Å². The van der Waals surface area contributed by atoms with Crippen LogP contribution < -0.4 is 5.32 Å². The third-order valence-electron chi connectivity index (χ3n) is 5.19. The molecule has 4 atom stereocenters. The number of nitrogens with one attached hydrogen (secondary N) is 1. The van der Waals surface area contributed by atoms with E-state index in [0.29, 0.717) is 21.7 Å². The zero-order valence-electron chi connectivity index (χ0n) is 14.2. The van der Waals surface area contributed by atoms with Crippen molar-refractivity contribution in [3.63, 3.8) is 0 Å². The van der Waals surface area contributed by atoms with Crippen molar-refractivity contribution in [2.24, 2.45) is 0 Å². The number of fused-ring (bicyclic) bond motifs is 2. The van der Waals surface area contributed by atoms with Gasteiger partial charge in [0.15, 0.2) is 6.23 Å². The maximum absolute atomic E-state index is 12.4. The first-order chi connectivity index (χ1) is 12.9. The topological polar surface area (TPSA) is 130 Å². The summed E-state index contributed by atoms with van der Waals surface area (Å²) in [5.41, 5.74) is 0.278. The van der Waals surface area contributed by atoms with Crippen molar-refractivity contribution >= 4 is 34.1 Å². The Bertz CT molecular complexity index is 1070. The highest BCUT2D eigenvalue weighted by Gasteiger charge is 2.53. The summed E-state index contributed by atoms with van der Waals surface area (Å²) in [6.07, 6.45) is -0.0990. The highest BCUT2D eigenvalue weighted by atomic mass is 32.1. The fourth-order valence-electron chi connectivity index (χ4n) is 3.81. The van der Waals surface area contributed by atoms with Gasteiger partial charge >= 0.3 is 0 Å². The molecule has 2 aliphatic heterocycles. The zero-order valence-corrected chi connectivity index (χ0v) is 15.0. The smallest absolute Gasteiger partial charge is 0.267 e. The van der Waals surface area contributed by atoms with Crippen LogP contribution in [0, 0.1) is 0 Å². The lowest BCUT2D eigenvalue weighted by Gasteiger charge is -2.27. The number of nitrogens with zero attached hydrogens (tertiary/aromatic N) is 3. The first-order valence-corrected chi connectivity index (χ1v) is 9.23. The van der Waals surface area contributed by atoms with Gasteiger partial charge in [-0.2, -0.15) is 0 Å². The Balaban J connectivity index is 1.77. The summed E-state index contributed by atoms with van der Waals surface area (Å²) in [6.45, 7) is 1.03. The fraction of sp³-hybridized carbons (Fsp3) is 0.353. The molecule has 0 radical (unpaired) electrons. The van der Waals surface area contributed by atoms with E-state index in [0.717, 1.165) is 11.1 Å². The van der Waals surface area contributed by atoms with Gasteiger partial charge in [0.25, 0.3) is 5.91 Å². The van der Waals surface area contributed by atoms with E-state index in [2.05, 4.69) is 15.3 Å². The number of ether oxygens (including phenoxy) is 1. The number of carbonyl (C=O) groups is 1. The molecule has 0 spiro atoms. The fourth-order valence-corrected chi connectivity index (χ4v) is 4.62. The first-order valence-electron chi connectivity index (χ1n) is 8.35. The third-order valence-corrected chi connectivity index (χ3v) is 6.10. The lowest BCUT2D eigenvalue weighted by atomic mass is 9.96.